The van der Waals surface area contributed by atoms with Gasteiger partial charge in [-0.2, -0.15) is 0 Å². The van der Waals surface area contributed by atoms with Crippen LogP contribution < -0.4 is 0 Å². The SMILES string of the molecule is CO[Si](OC)(OC)OC.OCC(CO)(CO)CO. The predicted molar refractivity (Wildman–Crippen MR) is 64.6 cm³/mol. The highest BCUT2D eigenvalue weighted by Crippen LogP contribution is 2.11. The van der Waals surface area contributed by atoms with Crippen molar-refractivity contribution in [1.82, 2.24) is 0 Å². The molecular weight excluding hydrogens is 264 g/mol. The summed E-state index contributed by atoms with van der Waals surface area (Å²) in [5.41, 5.74) is -1.11. The lowest BCUT2D eigenvalue weighted by atomic mass is 9.93. The zero-order chi connectivity index (χ0) is 14.7. The summed E-state index contributed by atoms with van der Waals surface area (Å²) in [5, 5.41) is 34.0. The normalized spacial score (nSPS) is 12.0. The van der Waals surface area contributed by atoms with Gasteiger partial charge in [0.25, 0.3) is 0 Å². The second-order valence-electron chi connectivity index (χ2n) is 3.45. The fraction of sp³-hybridized carbons (Fsp3) is 1.00. The van der Waals surface area contributed by atoms with Crippen molar-refractivity contribution < 1.29 is 38.1 Å². The minimum absolute atomic E-state index is 0.406. The van der Waals surface area contributed by atoms with Crippen LogP contribution in [0.1, 0.15) is 0 Å². The van der Waals surface area contributed by atoms with E-state index in [1.165, 1.54) is 28.4 Å². The first-order chi connectivity index (χ1) is 8.49. The molecule has 0 atom stereocenters. The van der Waals surface area contributed by atoms with Crippen LogP contribution >= 0.6 is 0 Å². The van der Waals surface area contributed by atoms with E-state index in [4.69, 9.17) is 38.1 Å². The molecule has 8 nitrogen and oxygen atoms in total. The van der Waals surface area contributed by atoms with E-state index >= 15 is 0 Å². The van der Waals surface area contributed by atoms with Crippen LogP contribution in [0.3, 0.4) is 0 Å². The molecule has 0 aliphatic rings. The maximum atomic E-state index is 8.50. The van der Waals surface area contributed by atoms with Crippen LogP contribution in [0.15, 0.2) is 0 Å². The molecule has 0 aliphatic heterocycles. The van der Waals surface area contributed by atoms with Crippen LogP contribution in [0.2, 0.25) is 0 Å². The Morgan fingerprint density at radius 1 is 0.667 bits per heavy atom. The van der Waals surface area contributed by atoms with Gasteiger partial charge in [0.2, 0.25) is 0 Å². The highest BCUT2D eigenvalue weighted by atomic mass is 28.4. The summed E-state index contributed by atoms with van der Waals surface area (Å²) in [7, 11) is 3.26. The maximum Gasteiger partial charge on any atom is 0.678 e. The molecule has 0 bridgehead atoms. The fourth-order valence-corrected chi connectivity index (χ4v) is 1.80. The van der Waals surface area contributed by atoms with Crippen molar-refractivity contribution in [3.05, 3.63) is 0 Å². The van der Waals surface area contributed by atoms with Crippen molar-refractivity contribution in [3.63, 3.8) is 0 Å². The predicted octanol–water partition coefficient (Wildman–Crippen LogP) is -2.05. The largest absolute Gasteiger partial charge is 0.678 e. The Kier molecular flexibility index (Phi) is 12.1. The Morgan fingerprint density at radius 3 is 0.889 bits per heavy atom. The molecule has 112 valence electrons. The lowest BCUT2D eigenvalue weighted by Gasteiger charge is -2.23. The molecule has 4 N–H and O–H groups in total. The zero-order valence-corrected chi connectivity index (χ0v) is 12.3. The van der Waals surface area contributed by atoms with Gasteiger partial charge in [0.05, 0.1) is 31.8 Å². The van der Waals surface area contributed by atoms with Gasteiger partial charge in [-0.05, 0) is 0 Å². The number of rotatable bonds is 8. The number of hydrogen-bond donors (Lipinski definition) is 4. The van der Waals surface area contributed by atoms with Gasteiger partial charge in [-0.1, -0.05) is 0 Å². The molecule has 0 aromatic rings. The van der Waals surface area contributed by atoms with Gasteiger partial charge < -0.3 is 38.1 Å². The van der Waals surface area contributed by atoms with Crippen LogP contribution in [0.4, 0.5) is 0 Å². The Labute approximate surface area is 108 Å². The molecule has 0 saturated heterocycles. The molecule has 0 aliphatic carbocycles. The van der Waals surface area contributed by atoms with Gasteiger partial charge in [-0.15, -0.1) is 0 Å². The molecule has 0 radical (unpaired) electrons. The van der Waals surface area contributed by atoms with E-state index in [0.717, 1.165) is 0 Å². The van der Waals surface area contributed by atoms with Gasteiger partial charge in [0, 0.05) is 28.4 Å². The van der Waals surface area contributed by atoms with Crippen molar-refractivity contribution in [2.45, 2.75) is 0 Å². The molecular formula is C9H24O8Si. The summed E-state index contributed by atoms with van der Waals surface area (Å²) in [6.07, 6.45) is 0. The first-order valence-corrected chi connectivity index (χ1v) is 6.76. The molecule has 18 heavy (non-hydrogen) atoms. The number of aliphatic hydroxyl groups is 4. The van der Waals surface area contributed by atoms with Crippen LogP contribution in [-0.2, 0) is 17.7 Å². The topological polar surface area (TPSA) is 118 Å². The van der Waals surface area contributed by atoms with Crippen LogP contribution in [0, 0.1) is 5.41 Å². The van der Waals surface area contributed by atoms with Crippen molar-refractivity contribution in [2.75, 3.05) is 54.9 Å². The van der Waals surface area contributed by atoms with Crippen LogP contribution in [-0.4, -0.2) is 84.3 Å². The number of hydrogen-bond acceptors (Lipinski definition) is 8. The Morgan fingerprint density at radius 2 is 0.889 bits per heavy atom. The summed E-state index contributed by atoms with van der Waals surface area (Å²) in [4.78, 5) is 0. The summed E-state index contributed by atoms with van der Waals surface area (Å²) >= 11 is 0. The third-order valence-electron chi connectivity index (χ3n) is 2.34. The van der Waals surface area contributed by atoms with E-state index < -0.39 is 40.9 Å². The third-order valence-corrected chi connectivity index (χ3v) is 4.34. The third kappa shape index (κ3) is 6.18. The Balaban J connectivity index is 0. The molecule has 0 fully saturated rings. The van der Waals surface area contributed by atoms with E-state index in [1.54, 1.807) is 0 Å². The maximum absolute atomic E-state index is 8.50. The fourth-order valence-electron chi connectivity index (χ4n) is 0.800. The average molecular weight is 288 g/mol. The van der Waals surface area contributed by atoms with E-state index in [9.17, 15) is 0 Å². The van der Waals surface area contributed by atoms with E-state index in [1.807, 2.05) is 0 Å². The van der Waals surface area contributed by atoms with Gasteiger partial charge in [-0.3, -0.25) is 0 Å². The molecule has 0 saturated carbocycles. The van der Waals surface area contributed by atoms with E-state index in [0.29, 0.717) is 0 Å². The first-order valence-electron chi connectivity index (χ1n) is 5.13. The van der Waals surface area contributed by atoms with Crippen molar-refractivity contribution in [1.29, 1.82) is 0 Å². The van der Waals surface area contributed by atoms with Gasteiger partial charge in [0.15, 0.2) is 0 Å². The summed E-state index contributed by atoms with van der Waals surface area (Å²) in [6, 6.07) is 0. The van der Waals surface area contributed by atoms with E-state index in [2.05, 4.69) is 0 Å². The quantitative estimate of drug-likeness (QED) is 0.377. The van der Waals surface area contributed by atoms with Crippen molar-refractivity contribution >= 4 is 9.05 Å². The second kappa shape index (κ2) is 10.8. The molecule has 0 rings (SSSR count). The van der Waals surface area contributed by atoms with Gasteiger partial charge >= 0.3 is 9.05 Å². The summed E-state index contributed by atoms with van der Waals surface area (Å²) < 4.78 is 19.4. The monoisotopic (exact) mass is 288 g/mol. The molecule has 0 aromatic heterocycles. The van der Waals surface area contributed by atoms with Crippen molar-refractivity contribution in [2.24, 2.45) is 5.41 Å². The highest BCUT2D eigenvalue weighted by Gasteiger charge is 2.40. The Bertz CT molecular complexity index is 128. The zero-order valence-electron chi connectivity index (χ0n) is 11.3. The number of aliphatic hydroxyl groups excluding tert-OH is 4. The summed E-state index contributed by atoms with van der Waals surface area (Å²) in [6.45, 7) is -1.62. The second-order valence-corrected chi connectivity index (χ2v) is 6.08. The first kappa shape index (κ1) is 20.2. The lowest BCUT2D eigenvalue weighted by Crippen LogP contribution is -2.45. The molecule has 0 aromatic carbocycles. The standard InChI is InChI=1S/C5H12O4.C4H12O4Si/c6-1-5(2-7,3-8)4-9;1-5-9(6-2,7-3)8-4/h6-9H,1-4H2;1-4H3. The highest BCUT2D eigenvalue weighted by molar-refractivity contribution is 6.53. The minimum Gasteiger partial charge on any atom is -0.396 e. The lowest BCUT2D eigenvalue weighted by molar-refractivity contribution is -0.0328. The molecule has 9 heteroatoms. The van der Waals surface area contributed by atoms with Crippen molar-refractivity contribution in [3.8, 4) is 0 Å². The van der Waals surface area contributed by atoms with Crippen LogP contribution in [0.5, 0.6) is 0 Å². The average Bonchev–Trinajstić information content (AvgIpc) is 2.46. The van der Waals surface area contributed by atoms with Gasteiger partial charge in [-0.25, -0.2) is 0 Å². The molecule has 0 heterocycles. The smallest absolute Gasteiger partial charge is 0.396 e. The van der Waals surface area contributed by atoms with Gasteiger partial charge in [0.1, 0.15) is 0 Å². The minimum atomic E-state index is -2.69. The van der Waals surface area contributed by atoms with E-state index in [-0.39, 0.29) is 0 Å². The molecule has 0 amide bonds. The van der Waals surface area contributed by atoms with Crippen LogP contribution in [0.25, 0.3) is 0 Å². The molecule has 0 unspecified atom stereocenters. The molecule has 0 spiro atoms. The Hall–Kier alpha value is -0.103. The summed E-state index contributed by atoms with van der Waals surface area (Å²) in [5.74, 6) is 0.